The molecule has 0 aliphatic heterocycles. The highest BCUT2D eigenvalue weighted by Gasteiger charge is 2.30. The van der Waals surface area contributed by atoms with E-state index in [0.717, 1.165) is 11.8 Å². The van der Waals surface area contributed by atoms with Gasteiger partial charge in [-0.1, -0.05) is 66.4 Å². The lowest BCUT2D eigenvalue weighted by Crippen LogP contribution is -2.28. The van der Waals surface area contributed by atoms with Gasteiger partial charge in [-0.15, -0.1) is 0 Å². The SMILES string of the molecule is CCc1ccc(CC2(CBr)CCCCC2)cc1. The summed E-state index contributed by atoms with van der Waals surface area (Å²) in [5.41, 5.74) is 3.50. The van der Waals surface area contributed by atoms with E-state index in [2.05, 4.69) is 47.1 Å². The minimum absolute atomic E-state index is 0.534. The first-order chi connectivity index (χ1) is 8.28. The van der Waals surface area contributed by atoms with Crippen molar-refractivity contribution in [2.45, 2.75) is 51.9 Å². The highest BCUT2D eigenvalue weighted by Crippen LogP contribution is 2.40. The molecule has 1 aromatic rings. The first-order valence-corrected chi connectivity index (χ1v) is 8.04. The van der Waals surface area contributed by atoms with Crippen molar-refractivity contribution in [1.82, 2.24) is 0 Å². The van der Waals surface area contributed by atoms with E-state index in [0.29, 0.717) is 5.41 Å². The standard InChI is InChI=1S/C16H23Br/c1-2-14-6-8-15(9-7-14)12-16(13-17)10-4-3-5-11-16/h6-9H,2-5,10-13H2,1H3. The molecule has 0 unspecified atom stereocenters. The van der Waals surface area contributed by atoms with Gasteiger partial charge in [0.2, 0.25) is 0 Å². The second kappa shape index (κ2) is 6.04. The van der Waals surface area contributed by atoms with Gasteiger partial charge in [-0.3, -0.25) is 0 Å². The Kier molecular flexibility index (Phi) is 4.67. The predicted molar refractivity (Wildman–Crippen MR) is 78.8 cm³/mol. The average Bonchev–Trinajstić information content (AvgIpc) is 2.41. The second-order valence-electron chi connectivity index (χ2n) is 5.54. The maximum atomic E-state index is 3.75. The zero-order valence-electron chi connectivity index (χ0n) is 10.8. The van der Waals surface area contributed by atoms with Gasteiger partial charge >= 0.3 is 0 Å². The van der Waals surface area contributed by atoms with Crippen molar-refractivity contribution in [2.24, 2.45) is 5.41 Å². The first kappa shape index (κ1) is 13.1. The number of aryl methyl sites for hydroxylation is 1. The summed E-state index contributed by atoms with van der Waals surface area (Å²) in [4.78, 5) is 0. The van der Waals surface area contributed by atoms with E-state index in [1.807, 2.05) is 0 Å². The van der Waals surface area contributed by atoms with Crippen LogP contribution in [0.25, 0.3) is 0 Å². The van der Waals surface area contributed by atoms with Crippen LogP contribution in [0.1, 0.15) is 50.2 Å². The summed E-state index contributed by atoms with van der Waals surface area (Å²) < 4.78 is 0. The van der Waals surface area contributed by atoms with Crippen molar-refractivity contribution < 1.29 is 0 Å². The molecule has 17 heavy (non-hydrogen) atoms. The van der Waals surface area contributed by atoms with Crippen molar-refractivity contribution in [3.63, 3.8) is 0 Å². The topological polar surface area (TPSA) is 0 Å². The first-order valence-electron chi connectivity index (χ1n) is 6.92. The van der Waals surface area contributed by atoms with E-state index in [4.69, 9.17) is 0 Å². The summed E-state index contributed by atoms with van der Waals surface area (Å²) in [6.07, 6.45) is 9.45. The van der Waals surface area contributed by atoms with Crippen LogP contribution in [0.3, 0.4) is 0 Å². The number of hydrogen-bond acceptors (Lipinski definition) is 0. The molecule has 0 saturated heterocycles. The Morgan fingerprint density at radius 2 is 1.59 bits per heavy atom. The van der Waals surface area contributed by atoms with E-state index < -0.39 is 0 Å². The monoisotopic (exact) mass is 294 g/mol. The quantitative estimate of drug-likeness (QED) is 0.675. The third-order valence-corrected chi connectivity index (χ3v) is 5.40. The molecular weight excluding hydrogens is 272 g/mol. The molecule has 1 heteroatoms. The van der Waals surface area contributed by atoms with E-state index in [-0.39, 0.29) is 0 Å². The molecule has 0 N–H and O–H groups in total. The lowest BCUT2D eigenvalue weighted by molar-refractivity contribution is 0.223. The van der Waals surface area contributed by atoms with Crippen molar-refractivity contribution in [3.05, 3.63) is 35.4 Å². The van der Waals surface area contributed by atoms with Crippen molar-refractivity contribution in [2.75, 3.05) is 5.33 Å². The molecule has 0 atom stereocenters. The Hall–Kier alpha value is -0.300. The van der Waals surface area contributed by atoms with Crippen LogP contribution in [0.15, 0.2) is 24.3 Å². The van der Waals surface area contributed by atoms with Gasteiger partial charge in [0.15, 0.2) is 0 Å². The summed E-state index contributed by atoms with van der Waals surface area (Å²) in [5.74, 6) is 0. The van der Waals surface area contributed by atoms with Gasteiger partial charge in [0, 0.05) is 5.33 Å². The zero-order valence-corrected chi connectivity index (χ0v) is 12.4. The van der Waals surface area contributed by atoms with Crippen molar-refractivity contribution >= 4 is 15.9 Å². The second-order valence-corrected chi connectivity index (χ2v) is 6.10. The molecule has 0 aromatic heterocycles. The van der Waals surface area contributed by atoms with Crippen LogP contribution in [0.4, 0.5) is 0 Å². The molecular formula is C16H23Br. The number of benzene rings is 1. The number of rotatable bonds is 4. The Labute approximate surface area is 114 Å². The van der Waals surface area contributed by atoms with Gasteiger partial charge in [0.05, 0.1) is 0 Å². The fourth-order valence-electron chi connectivity index (χ4n) is 2.99. The van der Waals surface area contributed by atoms with Crippen LogP contribution < -0.4 is 0 Å². The average molecular weight is 295 g/mol. The fraction of sp³-hybridized carbons (Fsp3) is 0.625. The molecule has 1 fully saturated rings. The molecule has 1 aliphatic carbocycles. The third kappa shape index (κ3) is 3.34. The van der Waals surface area contributed by atoms with Crippen LogP contribution >= 0.6 is 15.9 Å². The molecule has 0 nitrogen and oxygen atoms in total. The van der Waals surface area contributed by atoms with Crippen LogP contribution in [-0.2, 0) is 12.8 Å². The normalized spacial score (nSPS) is 19.2. The van der Waals surface area contributed by atoms with Gasteiger partial charge in [-0.05, 0) is 42.2 Å². The van der Waals surface area contributed by atoms with Gasteiger partial charge in [0.25, 0.3) is 0 Å². The zero-order chi connectivity index (χ0) is 12.1. The minimum atomic E-state index is 0.534. The van der Waals surface area contributed by atoms with Crippen LogP contribution in [0, 0.1) is 5.41 Å². The Balaban J connectivity index is 2.06. The third-order valence-electron chi connectivity index (χ3n) is 4.21. The molecule has 1 saturated carbocycles. The Morgan fingerprint density at radius 1 is 1.00 bits per heavy atom. The predicted octanol–water partition coefficient (Wildman–Crippen LogP) is 5.14. The number of hydrogen-bond donors (Lipinski definition) is 0. The van der Waals surface area contributed by atoms with Gasteiger partial charge in [0.1, 0.15) is 0 Å². The summed E-state index contributed by atoms with van der Waals surface area (Å²) >= 11 is 3.75. The largest absolute Gasteiger partial charge is 0.0922 e. The molecule has 1 aliphatic rings. The molecule has 94 valence electrons. The summed E-state index contributed by atoms with van der Waals surface area (Å²) in [5, 5.41) is 1.16. The van der Waals surface area contributed by atoms with Crippen molar-refractivity contribution in [1.29, 1.82) is 0 Å². The van der Waals surface area contributed by atoms with E-state index in [1.54, 1.807) is 0 Å². The maximum absolute atomic E-state index is 3.75. The highest BCUT2D eigenvalue weighted by atomic mass is 79.9. The molecule has 2 rings (SSSR count). The Bertz CT molecular complexity index is 333. The van der Waals surface area contributed by atoms with Crippen LogP contribution in [-0.4, -0.2) is 5.33 Å². The lowest BCUT2D eigenvalue weighted by atomic mass is 9.72. The minimum Gasteiger partial charge on any atom is -0.0922 e. The number of halogens is 1. The van der Waals surface area contributed by atoms with Crippen LogP contribution in [0.2, 0.25) is 0 Å². The molecule has 0 heterocycles. The molecule has 1 aromatic carbocycles. The summed E-state index contributed by atoms with van der Waals surface area (Å²) in [7, 11) is 0. The van der Waals surface area contributed by atoms with E-state index in [9.17, 15) is 0 Å². The van der Waals surface area contributed by atoms with Crippen molar-refractivity contribution in [3.8, 4) is 0 Å². The lowest BCUT2D eigenvalue weighted by Gasteiger charge is -2.36. The van der Waals surface area contributed by atoms with Gasteiger partial charge in [-0.25, -0.2) is 0 Å². The molecule has 0 radical (unpaired) electrons. The van der Waals surface area contributed by atoms with E-state index >= 15 is 0 Å². The maximum Gasteiger partial charge on any atom is 0.00911 e. The summed E-state index contributed by atoms with van der Waals surface area (Å²) in [6, 6.07) is 9.25. The number of alkyl halides is 1. The highest BCUT2D eigenvalue weighted by molar-refractivity contribution is 9.09. The fourth-order valence-corrected chi connectivity index (χ4v) is 3.74. The van der Waals surface area contributed by atoms with Crippen LogP contribution in [0.5, 0.6) is 0 Å². The molecule has 0 amide bonds. The summed E-state index contributed by atoms with van der Waals surface area (Å²) in [6.45, 7) is 2.22. The van der Waals surface area contributed by atoms with Gasteiger partial charge < -0.3 is 0 Å². The molecule has 0 spiro atoms. The molecule has 0 bridgehead atoms. The Morgan fingerprint density at radius 3 is 2.12 bits per heavy atom. The van der Waals surface area contributed by atoms with E-state index in [1.165, 1.54) is 49.7 Å². The smallest absolute Gasteiger partial charge is 0.00911 e. The van der Waals surface area contributed by atoms with Gasteiger partial charge in [-0.2, -0.15) is 0 Å².